The van der Waals surface area contributed by atoms with Crippen molar-refractivity contribution in [1.82, 2.24) is 24.2 Å². The van der Waals surface area contributed by atoms with Gasteiger partial charge < -0.3 is 9.47 Å². The number of hydrogen-bond acceptors (Lipinski definition) is 8. The Bertz CT molecular complexity index is 1230. The molecule has 0 amide bonds. The number of sulfonamides is 1. The van der Waals surface area contributed by atoms with Crippen molar-refractivity contribution in [2.75, 3.05) is 33.1 Å². The second kappa shape index (κ2) is 11.0. The average molecular weight is 500 g/mol. The lowest BCUT2D eigenvalue weighted by atomic mass is 10.2. The third-order valence-electron chi connectivity index (χ3n) is 5.93. The summed E-state index contributed by atoms with van der Waals surface area (Å²) in [6.45, 7) is 1.44. The first kappa shape index (κ1) is 24.8. The molecule has 1 saturated heterocycles. The minimum Gasteiger partial charge on any atom is -0.497 e. The predicted molar refractivity (Wildman–Crippen MR) is 129 cm³/mol. The van der Waals surface area contributed by atoms with E-state index in [1.165, 1.54) is 11.4 Å². The van der Waals surface area contributed by atoms with E-state index in [9.17, 15) is 13.2 Å². The Labute approximate surface area is 205 Å². The van der Waals surface area contributed by atoms with E-state index in [-0.39, 0.29) is 18.8 Å². The highest BCUT2D eigenvalue weighted by atomic mass is 32.2. The molecule has 0 spiro atoms. The van der Waals surface area contributed by atoms with Crippen LogP contribution >= 0.6 is 0 Å². The van der Waals surface area contributed by atoms with E-state index >= 15 is 0 Å². The van der Waals surface area contributed by atoms with Crippen LogP contribution in [0.2, 0.25) is 0 Å². The van der Waals surface area contributed by atoms with E-state index < -0.39 is 22.0 Å². The molecule has 0 bridgehead atoms. The van der Waals surface area contributed by atoms with Crippen LogP contribution in [0.4, 0.5) is 0 Å². The maximum Gasteiger partial charge on any atom is 0.325 e. The number of carbonyl (C=O) groups is 1. The molecular formula is C24H29N5O5S. The summed E-state index contributed by atoms with van der Waals surface area (Å²) >= 11 is 0. The zero-order valence-corrected chi connectivity index (χ0v) is 20.6. The molecule has 11 heteroatoms. The minimum atomic E-state index is -3.75. The molecule has 35 heavy (non-hydrogen) atoms. The van der Waals surface area contributed by atoms with Gasteiger partial charge in [-0.3, -0.25) is 9.69 Å². The van der Waals surface area contributed by atoms with Gasteiger partial charge in [0.2, 0.25) is 10.0 Å². The molecule has 2 aromatic carbocycles. The molecule has 2 heterocycles. The molecule has 1 fully saturated rings. The molecule has 1 atom stereocenters. The topological polar surface area (TPSA) is 107 Å². The molecule has 0 N–H and O–H groups in total. The molecule has 1 aromatic heterocycles. The van der Waals surface area contributed by atoms with Crippen molar-refractivity contribution in [2.45, 2.75) is 25.7 Å². The highest BCUT2D eigenvalue weighted by molar-refractivity contribution is 7.89. The molecular weight excluding hydrogens is 470 g/mol. The van der Waals surface area contributed by atoms with Gasteiger partial charge in [-0.05, 0) is 23.3 Å². The number of benzene rings is 2. The fourth-order valence-electron chi connectivity index (χ4n) is 4.07. The number of hydrogen-bond donors (Lipinski definition) is 0. The van der Waals surface area contributed by atoms with Gasteiger partial charge in [0.15, 0.2) is 0 Å². The van der Waals surface area contributed by atoms with Crippen LogP contribution in [0.1, 0.15) is 16.8 Å². The Balaban J connectivity index is 1.52. The fraction of sp³-hybridized carbons (Fsp3) is 0.375. The van der Waals surface area contributed by atoms with Gasteiger partial charge in [0.05, 0.1) is 45.0 Å². The smallest absolute Gasteiger partial charge is 0.325 e. The summed E-state index contributed by atoms with van der Waals surface area (Å²) in [5, 5.41) is 8.29. The van der Waals surface area contributed by atoms with E-state index in [0.29, 0.717) is 25.3 Å². The number of ether oxygens (including phenoxy) is 2. The third kappa shape index (κ3) is 6.24. The third-order valence-corrected chi connectivity index (χ3v) is 7.73. The Morgan fingerprint density at radius 1 is 1.00 bits per heavy atom. The van der Waals surface area contributed by atoms with Gasteiger partial charge >= 0.3 is 5.97 Å². The van der Waals surface area contributed by atoms with Gasteiger partial charge in [0, 0.05) is 19.6 Å². The van der Waals surface area contributed by atoms with Crippen LogP contribution in [0.15, 0.2) is 60.8 Å². The normalized spacial score (nSPS) is 18.6. The van der Waals surface area contributed by atoms with Gasteiger partial charge in [-0.15, -0.1) is 5.10 Å². The SMILES string of the molecule is COC(=O)C1CN(Cc2ccc(OC)cc2)CCS(=O)(=O)N1Cc1cn(Cc2ccccc2)nn1. The lowest BCUT2D eigenvalue weighted by Crippen LogP contribution is -2.48. The number of esters is 1. The van der Waals surface area contributed by atoms with E-state index in [1.807, 2.05) is 59.5 Å². The maximum atomic E-state index is 13.2. The predicted octanol–water partition coefficient (Wildman–Crippen LogP) is 1.52. The van der Waals surface area contributed by atoms with E-state index in [1.54, 1.807) is 18.0 Å². The zero-order valence-electron chi connectivity index (χ0n) is 19.8. The number of nitrogens with zero attached hydrogens (tertiary/aromatic N) is 5. The number of methoxy groups -OCH3 is 2. The zero-order chi connectivity index (χ0) is 24.8. The summed E-state index contributed by atoms with van der Waals surface area (Å²) < 4.78 is 39.5. The van der Waals surface area contributed by atoms with Gasteiger partial charge in [0.25, 0.3) is 0 Å². The highest BCUT2D eigenvalue weighted by Crippen LogP contribution is 2.21. The summed E-state index contributed by atoms with van der Waals surface area (Å²) in [7, 11) is -0.887. The van der Waals surface area contributed by atoms with E-state index in [4.69, 9.17) is 9.47 Å². The lowest BCUT2D eigenvalue weighted by molar-refractivity contribution is -0.145. The van der Waals surface area contributed by atoms with Crippen LogP contribution < -0.4 is 4.74 Å². The van der Waals surface area contributed by atoms with Crippen LogP contribution in [0.3, 0.4) is 0 Å². The largest absolute Gasteiger partial charge is 0.497 e. The van der Waals surface area contributed by atoms with E-state index in [2.05, 4.69) is 10.3 Å². The molecule has 1 aliphatic heterocycles. The van der Waals surface area contributed by atoms with Crippen molar-refractivity contribution in [2.24, 2.45) is 0 Å². The van der Waals surface area contributed by atoms with Gasteiger partial charge in [0.1, 0.15) is 11.8 Å². The van der Waals surface area contributed by atoms with Gasteiger partial charge in [-0.1, -0.05) is 47.7 Å². The van der Waals surface area contributed by atoms with Crippen molar-refractivity contribution >= 4 is 16.0 Å². The fourth-order valence-corrected chi connectivity index (χ4v) is 5.66. The van der Waals surface area contributed by atoms with Crippen LogP contribution in [-0.4, -0.2) is 77.7 Å². The summed E-state index contributed by atoms with van der Waals surface area (Å²) in [5.41, 5.74) is 2.50. The summed E-state index contributed by atoms with van der Waals surface area (Å²) in [6.07, 6.45) is 1.71. The van der Waals surface area contributed by atoms with Crippen molar-refractivity contribution in [3.05, 3.63) is 77.6 Å². The van der Waals surface area contributed by atoms with Gasteiger partial charge in [-0.25, -0.2) is 13.1 Å². The minimum absolute atomic E-state index is 0.0622. The lowest BCUT2D eigenvalue weighted by Gasteiger charge is -2.28. The Kier molecular flexibility index (Phi) is 7.79. The molecule has 4 rings (SSSR count). The van der Waals surface area contributed by atoms with Crippen LogP contribution in [-0.2, 0) is 39.2 Å². The standard InChI is InChI=1S/C24H29N5O5S/c1-33-22-10-8-20(9-11-22)14-27-12-13-35(31,32)29(23(18-27)24(30)34-2)17-21-16-28(26-25-21)15-19-6-4-3-5-7-19/h3-11,16,23H,12-15,17-18H2,1-2H3. The first-order valence-corrected chi connectivity index (χ1v) is 12.8. The second-order valence-electron chi connectivity index (χ2n) is 8.38. The maximum absolute atomic E-state index is 13.2. The van der Waals surface area contributed by atoms with Crippen LogP contribution in [0.25, 0.3) is 0 Å². The Morgan fingerprint density at radius 2 is 1.71 bits per heavy atom. The second-order valence-corrected chi connectivity index (χ2v) is 10.4. The molecule has 0 radical (unpaired) electrons. The molecule has 0 aliphatic carbocycles. The van der Waals surface area contributed by atoms with E-state index in [0.717, 1.165) is 16.9 Å². The van der Waals surface area contributed by atoms with Crippen molar-refractivity contribution < 1.29 is 22.7 Å². The average Bonchev–Trinajstić information content (AvgIpc) is 3.27. The van der Waals surface area contributed by atoms with Crippen LogP contribution in [0.5, 0.6) is 5.75 Å². The first-order valence-electron chi connectivity index (χ1n) is 11.2. The molecule has 3 aromatic rings. The first-order chi connectivity index (χ1) is 16.9. The summed E-state index contributed by atoms with van der Waals surface area (Å²) in [4.78, 5) is 14.7. The quantitative estimate of drug-likeness (QED) is 0.430. The Morgan fingerprint density at radius 3 is 2.40 bits per heavy atom. The molecule has 10 nitrogen and oxygen atoms in total. The number of rotatable bonds is 8. The Hall–Kier alpha value is -3.28. The van der Waals surface area contributed by atoms with Crippen molar-refractivity contribution in [1.29, 1.82) is 0 Å². The molecule has 1 aliphatic rings. The molecule has 186 valence electrons. The summed E-state index contributed by atoms with van der Waals surface area (Å²) in [6, 6.07) is 16.3. The van der Waals surface area contributed by atoms with Crippen molar-refractivity contribution in [3.8, 4) is 5.75 Å². The highest BCUT2D eigenvalue weighted by Gasteiger charge is 2.40. The van der Waals surface area contributed by atoms with Gasteiger partial charge in [-0.2, -0.15) is 4.31 Å². The number of aromatic nitrogens is 3. The van der Waals surface area contributed by atoms with Crippen LogP contribution in [0, 0.1) is 0 Å². The molecule has 0 saturated carbocycles. The van der Waals surface area contributed by atoms with Crippen molar-refractivity contribution in [3.63, 3.8) is 0 Å². The monoisotopic (exact) mass is 499 g/mol. The summed E-state index contributed by atoms with van der Waals surface area (Å²) in [5.74, 6) is 0.0208. The molecule has 1 unspecified atom stereocenters. The number of carbonyl (C=O) groups excluding carboxylic acids is 1.